The van der Waals surface area contributed by atoms with Crippen molar-refractivity contribution >= 4 is 23.2 Å². The summed E-state index contributed by atoms with van der Waals surface area (Å²) in [4.78, 5) is 34.4. The number of amides is 2. The molecule has 1 aromatic carbocycles. The Morgan fingerprint density at radius 1 is 1.04 bits per heavy atom. The monoisotopic (exact) mass is 366 g/mol. The molecule has 0 bridgehead atoms. The molecule has 1 aliphatic heterocycles. The molecule has 1 aliphatic rings. The Bertz CT molecular complexity index is 828. The number of piperazine rings is 1. The lowest BCUT2D eigenvalue weighted by atomic mass is 10.1. The normalized spacial score (nSPS) is 14.2. The summed E-state index contributed by atoms with van der Waals surface area (Å²) in [5.41, 5.74) is 3.75. The van der Waals surface area contributed by atoms with E-state index in [0.717, 1.165) is 17.9 Å². The third-order valence-corrected chi connectivity index (χ3v) is 4.92. The Balaban J connectivity index is 1.78. The molecule has 0 saturated carbocycles. The molecule has 6 heteroatoms. The Labute approximate surface area is 160 Å². The number of hydrogen-bond donors (Lipinski definition) is 0. The van der Waals surface area contributed by atoms with Gasteiger partial charge in [-0.2, -0.15) is 0 Å². The maximum atomic E-state index is 12.9. The van der Waals surface area contributed by atoms with Crippen LogP contribution >= 0.6 is 0 Å². The standard InChI is InChI=1S/C21H26N4O2/c1-4-25(19-7-5-6-16(2)12-19)20-13-18(14-22-15-20)21(27)24-10-8-23(9-11-24)17(3)26/h5-7,12-15H,4,8-11H2,1-3H3. The second kappa shape index (κ2) is 8.20. The molecule has 2 heterocycles. The van der Waals surface area contributed by atoms with Crippen molar-refractivity contribution in [3.63, 3.8) is 0 Å². The van der Waals surface area contributed by atoms with E-state index in [9.17, 15) is 9.59 Å². The third-order valence-electron chi connectivity index (χ3n) is 4.92. The first-order chi connectivity index (χ1) is 13.0. The average Bonchev–Trinajstić information content (AvgIpc) is 2.68. The first kappa shape index (κ1) is 18.9. The zero-order chi connectivity index (χ0) is 19.4. The highest BCUT2D eigenvalue weighted by Gasteiger charge is 2.24. The van der Waals surface area contributed by atoms with Crippen molar-refractivity contribution in [3.8, 4) is 0 Å². The minimum absolute atomic E-state index is 0.0344. The van der Waals surface area contributed by atoms with Crippen molar-refractivity contribution in [2.75, 3.05) is 37.6 Å². The highest BCUT2D eigenvalue weighted by Crippen LogP contribution is 2.26. The SMILES string of the molecule is CCN(c1cccc(C)c1)c1cncc(C(=O)N2CCN(C(C)=O)CC2)c1. The van der Waals surface area contributed by atoms with E-state index in [2.05, 4.69) is 41.9 Å². The Morgan fingerprint density at radius 2 is 1.74 bits per heavy atom. The molecule has 1 aromatic heterocycles. The number of hydrogen-bond acceptors (Lipinski definition) is 4. The van der Waals surface area contributed by atoms with Gasteiger partial charge in [0.1, 0.15) is 0 Å². The van der Waals surface area contributed by atoms with E-state index in [0.29, 0.717) is 31.7 Å². The van der Waals surface area contributed by atoms with Crippen LogP contribution in [0.3, 0.4) is 0 Å². The van der Waals surface area contributed by atoms with Crippen LogP contribution in [0.5, 0.6) is 0 Å². The summed E-state index contributed by atoms with van der Waals surface area (Å²) in [5.74, 6) is 0.0235. The molecule has 1 saturated heterocycles. The first-order valence-electron chi connectivity index (χ1n) is 9.33. The summed E-state index contributed by atoms with van der Waals surface area (Å²) in [6, 6.07) is 10.2. The van der Waals surface area contributed by atoms with Crippen molar-refractivity contribution in [1.29, 1.82) is 0 Å². The Morgan fingerprint density at radius 3 is 2.37 bits per heavy atom. The van der Waals surface area contributed by atoms with Gasteiger partial charge in [0, 0.05) is 51.5 Å². The molecule has 0 aliphatic carbocycles. The van der Waals surface area contributed by atoms with E-state index in [4.69, 9.17) is 0 Å². The van der Waals surface area contributed by atoms with Crippen LogP contribution in [0.4, 0.5) is 11.4 Å². The van der Waals surface area contributed by atoms with Crippen LogP contribution in [-0.4, -0.2) is 59.3 Å². The van der Waals surface area contributed by atoms with Gasteiger partial charge in [-0.25, -0.2) is 0 Å². The van der Waals surface area contributed by atoms with Gasteiger partial charge in [0.2, 0.25) is 5.91 Å². The summed E-state index contributed by atoms with van der Waals surface area (Å²) in [5, 5.41) is 0. The quantitative estimate of drug-likeness (QED) is 0.835. The van der Waals surface area contributed by atoms with Crippen molar-refractivity contribution in [2.45, 2.75) is 20.8 Å². The molecular weight excluding hydrogens is 340 g/mol. The van der Waals surface area contributed by atoms with Gasteiger partial charge in [0.15, 0.2) is 0 Å². The van der Waals surface area contributed by atoms with Crippen LogP contribution in [0.1, 0.15) is 29.8 Å². The van der Waals surface area contributed by atoms with Crippen LogP contribution in [0.25, 0.3) is 0 Å². The van der Waals surface area contributed by atoms with Crippen molar-refractivity contribution in [2.24, 2.45) is 0 Å². The maximum Gasteiger partial charge on any atom is 0.255 e. The van der Waals surface area contributed by atoms with Gasteiger partial charge in [-0.3, -0.25) is 14.6 Å². The number of aromatic nitrogens is 1. The number of anilines is 2. The molecule has 3 rings (SSSR count). The highest BCUT2D eigenvalue weighted by molar-refractivity contribution is 5.95. The molecule has 0 unspecified atom stereocenters. The fourth-order valence-corrected chi connectivity index (χ4v) is 3.41. The number of rotatable bonds is 4. The van der Waals surface area contributed by atoms with E-state index in [-0.39, 0.29) is 11.8 Å². The van der Waals surface area contributed by atoms with E-state index >= 15 is 0 Å². The molecule has 0 N–H and O–H groups in total. The van der Waals surface area contributed by atoms with E-state index in [1.807, 2.05) is 12.1 Å². The van der Waals surface area contributed by atoms with Gasteiger partial charge in [-0.1, -0.05) is 12.1 Å². The number of benzene rings is 1. The number of nitrogens with zero attached hydrogens (tertiary/aromatic N) is 4. The van der Waals surface area contributed by atoms with Gasteiger partial charge >= 0.3 is 0 Å². The largest absolute Gasteiger partial charge is 0.340 e. The number of carbonyl (C=O) groups excluding carboxylic acids is 2. The predicted octanol–water partition coefficient (Wildman–Crippen LogP) is 2.85. The molecule has 0 spiro atoms. The van der Waals surface area contributed by atoms with Crippen LogP contribution in [0.15, 0.2) is 42.7 Å². The summed E-state index contributed by atoms with van der Waals surface area (Å²) < 4.78 is 0. The minimum atomic E-state index is -0.0344. The minimum Gasteiger partial charge on any atom is -0.340 e. The second-order valence-corrected chi connectivity index (χ2v) is 6.81. The zero-order valence-electron chi connectivity index (χ0n) is 16.2. The lowest BCUT2D eigenvalue weighted by Gasteiger charge is -2.34. The molecule has 0 radical (unpaired) electrons. The lowest BCUT2D eigenvalue weighted by molar-refractivity contribution is -0.130. The molecule has 0 atom stereocenters. The van der Waals surface area contributed by atoms with Crippen LogP contribution in [-0.2, 0) is 4.79 Å². The summed E-state index contributed by atoms with van der Waals surface area (Å²) in [7, 11) is 0. The van der Waals surface area contributed by atoms with Crippen molar-refractivity contribution < 1.29 is 9.59 Å². The van der Waals surface area contributed by atoms with Crippen molar-refractivity contribution in [3.05, 3.63) is 53.9 Å². The second-order valence-electron chi connectivity index (χ2n) is 6.81. The number of aryl methyl sites for hydroxylation is 1. The van der Waals surface area contributed by atoms with Gasteiger partial charge < -0.3 is 14.7 Å². The van der Waals surface area contributed by atoms with E-state index in [1.165, 1.54) is 5.56 Å². The molecule has 142 valence electrons. The smallest absolute Gasteiger partial charge is 0.255 e. The third kappa shape index (κ3) is 4.27. The van der Waals surface area contributed by atoms with E-state index < -0.39 is 0 Å². The van der Waals surface area contributed by atoms with Crippen LogP contribution in [0, 0.1) is 6.92 Å². The zero-order valence-corrected chi connectivity index (χ0v) is 16.2. The molecule has 6 nitrogen and oxygen atoms in total. The van der Waals surface area contributed by atoms with Crippen LogP contribution in [0.2, 0.25) is 0 Å². The number of pyridine rings is 1. The summed E-state index contributed by atoms with van der Waals surface area (Å²) in [6.07, 6.45) is 3.41. The Kier molecular flexibility index (Phi) is 5.74. The average molecular weight is 366 g/mol. The van der Waals surface area contributed by atoms with Gasteiger partial charge in [-0.15, -0.1) is 0 Å². The number of carbonyl (C=O) groups is 2. The molecule has 2 aromatic rings. The van der Waals surface area contributed by atoms with Gasteiger partial charge in [0.25, 0.3) is 5.91 Å². The molecule has 2 amide bonds. The van der Waals surface area contributed by atoms with Gasteiger partial charge in [0.05, 0.1) is 17.4 Å². The Hall–Kier alpha value is -2.89. The molecule has 27 heavy (non-hydrogen) atoms. The predicted molar refractivity (Wildman–Crippen MR) is 106 cm³/mol. The summed E-state index contributed by atoms with van der Waals surface area (Å²) in [6.45, 7) is 8.76. The fraction of sp³-hybridized carbons (Fsp3) is 0.381. The maximum absolute atomic E-state index is 12.9. The first-order valence-corrected chi connectivity index (χ1v) is 9.33. The van der Waals surface area contributed by atoms with Crippen LogP contribution < -0.4 is 4.90 Å². The molecule has 1 fully saturated rings. The van der Waals surface area contributed by atoms with Gasteiger partial charge in [-0.05, 0) is 37.6 Å². The summed E-state index contributed by atoms with van der Waals surface area (Å²) >= 11 is 0. The van der Waals surface area contributed by atoms with E-state index in [1.54, 1.807) is 29.1 Å². The molecular formula is C21H26N4O2. The lowest BCUT2D eigenvalue weighted by Crippen LogP contribution is -2.50. The topological polar surface area (TPSA) is 56.8 Å². The highest BCUT2D eigenvalue weighted by atomic mass is 16.2. The fourth-order valence-electron chi connectivity index (χ4n) is 3.41. The van der Waals surface area contributed by atoms with Crippen molar-refractivity contribution in [1.82, 2.24) is 14.8 Å².